The Kier molecular flexibility index (Phi) is 3.94. The highest BCUT2D eigenvalue weighted by Gasteiger charge is 2.09. The maximum Gasteiger partial charge on any atom is 0.235 e. The first kappa shape index (κ1) is 12.6. The van der Waals surface area contributed by atoms with E-state index in [0.717, 1.165) is 5.56 Å². The number of alkyl halides is 1. The van der Waals surface area contributed by atoms with Gasteiger partial charge >= 0.3 is 0 Å². The lowest BCUT2D eigenvalue weighted by molar-refractivity contribution is -0.118. The molecule has 0 unspecified atom stereocenters. The average Bonchev–Trinajstić information content (AvgIpc) is 2.84. The molecule has 0 spiro atoms. The molecule has 2 aromatic rings. The van der Waals surface area contributed by atoms with Gasteiger partial charge in [0.1, 0.15) is 11.7 Å². The van der Waals surface area contributed by atoms with Gasteiger partial charge in [-0.1, -0.05) is 12.1 Å². The first-order chi connectivity index (χ1) is 8.70. The van der Waals surface area contributed by atoms with Crippen molar-refractivity contribution in [3.05, 3.63) is 41.8 Å². The van der Waals surface area contributed by atoms with Crippen molar-refractivity contribution < 1.29 is 9.18 Å². The number of benzene rings is 1. The number of H-pyrrole nitrogens is 1. The Balaban J connectivity index is 2.20. The molecule has 0 bridgehead atoms. The second-order valence-electron chi connectivity index (χ2n) is 3.69. The number of carbonyl (C=O) groups is 1. The number of nitrogens with one attached hydrogen (secondary N) is 2. The van der Waals surface area contributed by atoms with E-state index < -0.39 is 0 Å². The molecule has 1 aromatic heterocycles. The van der Waals surface area contributed by atoms with Crippen molar-refractivity contribution in [1.82, 2.24) is 15.5 Å². The van der Waals surface area contributed by atoms with Gasteiger partial charge in [-0.2, -0.15) is 5.10 Å². The highest BCUT2D eigenvalue weighted by Crippen LogP contribution is 2.21. The summed E-state index contributed by atoms with van der Waals surface area (Å²) in [5, 5.41) is 9.33. The van der Waals surface area contributed by atoms with Crippen molar-refractivity contribution in [2.24, 2.45) is 0 Å². The molecule has 0 atom stereocenters. The number of carbonyl (C=O) groups excluding carboxylic acids is 1. The zero-order valence-corrected chi connectivity index (χ0v) is 10.2. The van der Waals surface area contributed by atoms with E-state index in [0.29, 0.717) is 17.8 Å². The van der Waals surface area contributed by atoms with Gasteiger partial charge in [-0.25, -0.2) is 4.39 Å². The predicted octanol–water partition coefficient (Wildman–Crippen LogP) is 2.07. The molecule has 0 radical (unpaired) electrons. The van der Waals surface area contributed by atoms with Gasteiger partial charge in [0.2, 0.25) is 5.91 Å². The third-order valence-corrected chi connectivity index (χ3v) is 2.67. The van der Waals surface area contributed by atoms with E-state index in [1.165, 1.54) is 12.1 Å². The van der Waals surface area contributed by atoms with E-state index >= 15 is 0 Å². The lowest BCUT2D eigenvalue weighted by atomic mass is 10.1. The Morgan fingerprint density at radius 1 is 1.50 bits per heavy atom. The summed E-state index contributed by atoms with van der Waals surface area (Å²) in [6, 6.07) is 6.16. The zero-order chi connectivity index (χ0) is 13.0. The Bertz CT molecular complexity index is 556. The Morgan fingerprint density at radius 3 is 3.06 bits per heavy atom. The van der Waals surface area contributed by atoms with Crippen LogP contribution in [-0.4, -0.2) is 22.0 Å². The van der Waals surface area contributed by atoms with E-state index in [1.807, 2.05) is 0 Å². The number of amides is 1. The number of hydrogen-bond donors (Lipinski definition) is 2. The minimum atomic E-state index is -0.321. The first-order valence-electron chi connectivity index (χ1n) is 5.31. The van der Waals surface area contributed by atoms with E-state index in [-0.39, 0.29) is 17.6 Å². The van der Waals surface area contributed by atoms with Gasteiger partial charge in [-0.3, -0.25) is 9.89 Å². The van der Waals surface area contributed by atoms with Crippen molar-refractivity contribution in [3.8, 4) is 11.3 Å². The van der Waals surface area contributed by atoms with Crippen LogP contribution in [0.3, 0.4) is 0 Å². The highest BCUT2D eigenvalue weighted by atomic mass is 35.5. The first-order valence-corrected chi connectivity index (χ1v) is 5.85. The second-order valence-corrected chi connectivity index (χ2v) is 3.96. The number of rotatable bonds is 4. The summed E-state index contributed by atoms with van der Waals surface area (Å²) in [5.74, 6) is -0.673. The van der Waals surface area contributed by atoms with Crippen LogP contribution >= 0.6 is 11.6 Å². The van der Waals surface area contributed by atoms with Crippen molar-refractivity contribution in [3.63, 3.8) is 0 Å². The number of aromatic amines is 1. The highest BCUT2D eigenvalue weighted by molar-refractivity contribution is 6.27. The number of halogens is 2. The molecule has 1 heterocycles. The monoisotopic (exact) mass is 267 g/mol. The van der Waals surface area contributed by atoms with E-state index in [1.54, 1.807) is 18.3 Å². The maximum atomic E-state index is 13.1. The van der Waals surface area contributed by atoms with Crippen molar-refractivity contribution in [2.75, 3.05) is 5.88 Å². The molecule has 0 saturated heterocycles. The smallest absolute Gasteiger partial charge is 0.235 e. The molecular weight excluding hydrogens is 257 g/mol. The fourth-order valence-corrected chi connectivity index (χ4v) is 1.67. The topological polar surface area (TPSA) is 57.8 Å². The zero-order valence-electron chi connectivity index (χ0n) is 9.41. The Hall–Kier alpha value is -1.88. The van der Waals surface area contributed by atoms with E-state index in [4.69, 9.17) is 11.6 Å². The van der Waals surface area contributed by atoms with Gasteiger partial charge in [0.15, 0.2) is 0 Å². The molecule has 0 fully saturated rings. The second kappa shape index (κ2) is 5.64. The van der Waals surface area contributed by atoms with Gasteiger partial charge < -0.3 is 5.32 Å². The number of aromatic nitrogens is 2. The summed E-state index contributed by atoms with van der Waals surface area (Å²) in [6.07, 6.45) is 1.59. The van der Waals surface area contributed by atoms with Gasteiger partial charge in [-0.05, 0) is 12.1 Å². The molecule has 0 aliphatic carbocycles. The maximum absolute atomic E-state index is 13.1. The average molecular weight is 268 g/mol. The lowest BCUT2D eigenvalue weighted by Gasteiger charge is -2.04. The van der Waals surface area contributed by atoms with Gasteiger partial charge in [0.05, 0.1) is 11.9 Å². The third-order valence-electron chi connectivity index (χ3n) is 2.43. The Labute approximate surface area is 108 Å². The molecule has 2 N–H and O–H groups in total. The summed E-state index contributed by atoms with van der Waals surface area (Å²) >= 11 is 5.38. The van der Waals surface area contributed by atoms with Crippen LogP contribution in [0.4, 0.5) is 4.39 Å². The molecular formula is C12H11ClFN3O. The number of nitrogens with zero attached hydrogens (tertiary/aromatic N) is 1. The number of hydrogen-bond acceptors (Lipinski definition) is 2. The van der Waals surface area contributed by atoms with Gasteiger partial charge in [-0.15, -0.1) is 11.6 Å². The fraction of sp³-hybridized carbons (Fsp3) is 0.167. The molecule has 0 aliphatic rings. The minimum absolute atomic E-state index is 0.0901. The molecule has 1 aromatic carbocycles. The SMILES string of the molecule is O=C(CCl)NCc1cn[nH]c1-c1cccc(F)c1. The van der Waals surface area contributed by atoms with Crippen LogP contribution in [0.15, 0.2) is 30.5 Å². The van der Waals surface area contributed by atoms with Crippen LogP contribution in [0.25, 0.3) is 11.3 Å². The lowest BCUT2D eigenvalue weighted by Crippen LogP contribution is -2.23. The molecule has 18 heavy (non-hydrogen) atoms. The molecule has 0 saturated carbocycles. The molecule has 2 rings (SSSR count). The normalized spacial score (nSPS) is 10.3. The summed E-state index contributed by atoms with van der Waals surface area (Å²) < 4.78 is 13.1. The van der Waals surface area contributed by atoms with Crippen molar-refractivity contribution in [2.45, 2.75) is 6.54 Å². The standard InChI is InChI=1S/C12H11ClFN3O/c13-5-11(18)15-6-9-7-16-17-12(9)8-2-1-3-10(14)4-8/h1-4,7H,5-6H2,(H,15,18)(H,16,17). The molecule has 6 heteroatoms. The van der Waals surface area contributed by atoms with Crippen LogP contribution in [0.5, 0.6) is 0 Å². The summed E-state index contributed by atoms with van der Waals surface area (Å²) in [7, 11) is 0. The van der Waals surface area contributed by atoms with Crippen molar-refractivity contribution in [1.29, 1.82) is 0 Å². The third kappa shape index (κ3) is 2.87. The minimum Gasteiger partial charge on any atom is -0.351 e. The van der Waals surface area contributed by atoms with Gasteiger partial charge in [0, 0.05) is 17.7 Å². The van der Waals surface area contributed by atoms with Crippen LogP contribution < -0.4 is 5.32 Å². The molecule has 1 amide bonds. The molecule has 0 aliphatic heterocycles. The largest absolute Gasteiger partial charge is 0.351 e. The van der Waals surface area contributed by atoms with Crippen LogP contribution in [0.2, 0.25) is 0 Å². The molecule has 4 nitrogen and oxygen atoms in total. The Morgan fingerprint density at radius 2 is 2.33 bits per heavy atom. The van der Waals surface area contributed by atoms with E-state index in [9.17, 15) is 9.18 Å². The van der Waals surface area contributed by atoms with Crippen LogP contribution in [0, 0.1) is 5.82 Å². The van der Waals surface area contributed by atoms with E-state index in [2.05, 4.69) is 15.5 Å². The van der Waals surface area contributed by atoms with Gasteiger partial charge in [0.25, 0.3) is 0 Å². The summed E-state index contributed by atoms with van der Waals surface area (Å²) in [4.78, 5) is 11.1. The summed E-state index contributed by atoms with van der Waals surface area (Å²) in [6.45, 7) is 0.300. The quantitative estimate of drug-likeness (QED) is 0.833. The summed E-state index contributed by atoms with van der Waals surface area (Å²) in [5.41, 5.74) is 2.14. The fourth-order valence-electron chi connectivity index (χ4n) is 1.58. The van der Waals surface area contributed by atoms with Crippen LogP contribution in [0.1, 0.15) is 5.56 Å². The van der Waals surface area contributed by atoms with Crippen LogP contribution in [-0.2, 0) is 11.3 Å². The predicted molar refractivity (Wildman–Crippen MR) is 66.5 cm³/mol. The molecule has 94 valence electrons. The van der Waals surface area contributed by atoms with Crippen molar-refractivity contribution >= 4 is 17.5 Å².